The fraction of sp³-hybridized carbons (Fsp3) is 0.385. The van der Waals surface area contributed by atoms with E-state index in [1.165, 1.54) is 7.11 Å². The van der Waals surface area contributed by atoms with Crippen molar-refractivity contribution < 1.29 is 19.1 Å². The van der Waals surface area contributed by atoms with Crippen LogP contribution >= 0.6 is 0 Å². The first-order valence-electron chi connectivity index (χ1n) is 5.94. The molecule has 2 N–H and O–H groups in total. The van der Waals surface area contributed by atoms with Crippen molar-refractivity contribution in [1.29, 1.82) is 0 Å². The lowest BCUT2D eigenvalue weighted by molar-refractivity contribution is -0.141. The molecule has 1 amide bonds. The van der Waals surface area contributed by atoms with E-state index in [0.717, 1.165) is 5.56 Å². The van der Waals surface area contributed by atoms with E-state index in [1.807, 2.05) is 6.07 Å². The maximum Gasteiger partial charge on any atom is 0.307 e. The molecular weight excluding hydrogens is 248 g/mol. The van der Waals surface area contributed by atoms with Gasteiger partial charge >= 0.3 is 5.97 Å². The highest BCUT2D eigenvalue weighted by Crippen LogP contribution is 2.31. The molecule has 0 radical (unpaired) electrons. The van der Waals surface area contributed by atoms with Gasteiger partial charge in [0.05, 0.1) is 19.2 Å². The van der Waals surface area contributed by atoms with Gasteiger partial charge in [-0.15, -0.1) is 0 Å². The molecule has 0 fully saturated rings. The predicted molar refractivity (Wildman–Crippen MR) is 69.0 cm³/mol. The lowest BCUT2D eigenvalue weighted by atomic mass is 10.0. The van der Waals surface area contributed by atoms with Crippen molar-refractivity contribution in [1.82, 2.24) is 5.32 Å². The molecule has 1 aliphatic rings. The van der Waals surface area contributed by atoms with E-state index in [4.69, 9.17) is 4.74 Å². The number of nitrogens with one attached hydrogen (secondary N) is 2. The highest BCUT2D eigenvalue weighted by molar-refractivity contribution is 5.95. The zero-order valence-electron chi connectivity index (χ0n) is 10.9. The maximum absolute atomic E-state index is 11.3. The number of methoxy groups -OCH3 is 1. The first kappa shape index (κ1) is 13.4. The third-order valence-electron chi connectivity index (χ3n) is 2.99. The molecule has 0 spiro atoms. The van der Waals surface area contributed by atoms with Crippen LogP contribution in [0.15, 0.2) is 18.2 Å². The Labute approximate surface area is 111 Å². The van der Waals surface area contributed by atoms with Gasteiger partial charge in [0.25, 0.3) is 5.91 Å². The van der Waals surface area contributed by atoms with Crippen LogP contribution in [0.4, 0.5) is 5.69 Å². The molecule has 0 bridgehead atoms. The number of fused-ring (bicyclic) bond motifs is 1. The second-order valence-corrected chi connectivity index (χ2v) is 4.21. The van der Waals surface area contributed by atoms with Crippen LogP contribution in [-0.4, -0.2) is 32.6 Å². The van der Waals surface area contributed by atoms with Gasteiger partial charge in [0, 0.05) is 6.04 Å². The molecule has 0 saturated heterocycles. The summed E-state index contributed by atoms with van der Waals surface area (Å²) in [7, 11) is 3.12. The standard InChI is InChI=1S/C13H16N2O4/c1-14-9(6-13(17)18-2)8-3-4-11-10(5-8)15-12(16)7-19-11/h3-5,9,14H,6-7H2,1-2H3,(H,15,16). The number of esters is 1. The smallest absolute Gasteiger partial charge is 0.307 e. The second-order valence-electron chi connectivity index (χ2n) is 4.21. The van der Waals surface area contributed by atoms with Gasteiger partial charge in [-0.1, -0.05) is 6.07 Å². The Morgan fingerprint density at radius 3 is 3.05 bits per heavy atom. The van der Waals surface area contributed by atoms with Crippen LogP contribution in [0.25, 0.3) is 0 Å². The minimum Gasteiger partial charge on any atom is -0.482 e. The molecule has 2 rings (SSSR count). The van der Waals surface area contributed by atoms with Crippen molar-refractivity contribution in [3.05, 3.63) is 23.8 Å². The fourth-order valence-corrected chi connectivity index (χ4v) is 1.95. The topological polar surface area (TPSA) is 76.7 Å². The number of carbonyl (C=O) groups excluding carboxylic acids is 2. The highest BCUT2D eigenvalue weighted by Gasteiger charge is 2.20. The molecule has 6 nitrogen and oxygen atoms in total. The molecule has 19 heavy (non-hydrogen) atoms. The summed E-state index contributed by atoms with van der Waals surface area (Å²) in [4.78, 5) is 22.6. The number of hydrogen-bond acceptors (Lipinski definition) is 5. The molecule has 102 valence electrons. The van der Waals surface area contributed by atoms with Gasteiger partial charge < -0.3 is 20.1 Å². The molecule has 1 unspecified atom stereocenters. The quantitative estimate of drug-likeness (QED) is 0.788. The first-order valence-corrected chi connectivity index (χ1v) is 5.94. The number of amides is 1. The third-order valence-corrected chi connectivity index (χ3v) is 2.99. The Balaban J connectivity index is 2.22. The van der Waals surface area contributed by atoms with Gasteiger partial charge in [-0.3, -0.25) is 9.59 Å². The molecule has 0 aliphatic carbocycles. The van der Waals surface area contributed by atoms with Crippen molar-refractivity contribution in [2.24, 2.45) is 0 Å². The summed E-state index contributed by atoms with van der Waals surface area (Å²) in [6.45, 7) is 0.0317. The lowest BCUT2D eigenvalue weighted by Crippen LogP contribution is -2.26. The zero-order valence-corrected chi connectivity index (χ0v) is 10.9. The van der Waals surface area contributed by atoms with E-state index in [1.54, 1.807) is 19.2 Å². The Bertz CT molecular complexity index is 501. The monoisotopic (exact) mass is 264 g/mol. The van der Waals surface area contributed by atoms with Crippen molar-refractivity contribution >= 4 is 17.6 Å². The summed E-state index contributed by atoms with van der Waals surface area (Å²) in [6.07, 6.45) is 0.223. The summed E-state index contributed by atoms with van der Waals surface area (Å²) in [6, 6.07) is 5.28. The van der Waals surface area contributed by atoms with Crippen LogP contribution in [0.1, 0.15) is 18.0 Å². The molecule has 1 aliphatic heterocycles. The van der Waals surface area contributed by atoms with Crippen molar-refractivity contribution in [2.75, 3.05) is 26.1 Å². The van der Waals surface area contributed by atoms with Crippen molar-refractivity contribution in [3.63, 3.8) is 0 Å². The molecule has 1 aromatic carbocycles. The largest absolute Gasteiger partial charge is 0.482 e. The summed E-state index contributed by atoms with van der Waals surface area (Å²) < 4.78 is 9.94. The van der Waals surface area contributed by atoms with Gasteiger partial charge in [0.2, 0.25) is 0 Å². The Morgan fingerprint density at radius 1 is 1.58 bits per heavy atom. The Morgan fingerprint density at radius 2 is 2.37 bits per heavy atom. The Kier molecular flexibility index (Phi) is 4.01. The van der Waals surface area contributed by atoms with Crippen LogP contribution < -0.4 is 15.4 Å². The van der Waals surface area contributed by atoms with Gasteiger partial charge in [0.1, 0.15) is 5.75 Å². The van der Waals surface area contributed by atoms with Crippen LogP contribution in [-0.2, 0) is 14.3 Å². The van der Waals surface area contributed by atoms with E-state index in [0.29, 0.717) is 11.4 Å². The molecule has 1 atom stereocenters. The lowest BCUT2D eigenvalue weighted by Gasteiger charge is -2.21. The van der Waals surface area contributed by atoms with E-state index >= 15 is 0 Å². The highest BCUT2D eigenvalue weighted by atomic mass is 16.5. The van der Waals surface area contributed by atoms with Crippen LogP contribution in [0, 0.1) is 0 Å². The predicted octanol–water partition coefficient (Wildman–Crippen LogP) is 0.841. The van der Waals surface area contributed by atoms with Gasteiger partial charge in [0.15, 0.2) is 6.61 Å². The maximum atomic E-state index is 11.3. The third kappa shape index (κ3) is 3.03. The summed E-state index contributed by atoms with van der Waals surface area (Å²) >= 11 is 0. The Hall–Kier alpha value is -2.08. The SMILES string of the molecule is CNC(CC(=O)OC)c1ccc2c(c1)NC(=O)CO2. The summed E-state index contributed by atoms with van der Waals surface area (Å²) in [5, 5.41) is 5.79. The first-order chi connectivity index (χ1) is 9.13. The molecule has 1 heterocycles. The molecule has 0 saturated carbocycles. The van der Waals surface area contributed by atoms with Crippen LogP contribution in [0.3, 0.4) is 0 Å². The van der Waals surface area contributed by atoms with Gasteiger partial charge in [-0.05, 0) is 24.7 Å². The average Bonchev–Trinajstić information content (AvgIpc) is 2.43. The number of benzene rings is 1. The molecule has 6 heteroatoms. The summed E-state index contributed by atoms with van der Waals surface area (Å²) in [5.74, 6) is 0.159. The van der Waals surface area contributed by atoms with Crippen molar-refractivity contribution in [2.45, 2.75) is 12.5 Å². The number of hydrogen-bond donors (Lipinski definition) is 2. The van der Waals surface area contributed by atoms with Crippen LogP contribution in [0.5, 0.6) is 5.75 Å². The van der Waals surface area contributed by atoms with E-state index in [2.05, 4.69) is 15.4 Å². The van der Waals surface area contributed by atoms with Crippen molar-refractivity contribution in [3.8, 4) is 5.75 Å². The van der Waals surface area contributed by atoms with Gasteiger partial charge in [-0.2, -0.15) is 0 Å². The van der Waals surface area contributed by atoms with E-state index in [9.17, 15) is 9.59 Å². The van der Waals surface area contributed by atoms with E-state index < -0.39 is 0 Å². The fourth-order valence-electron chi connectivity index (χ4n) is 1.95. The molecular formula is C13H16N2O4. The minimum atomic E-state index is -0.294. The number of anilines is 1. The second kappa shape index (κ2) is 5.71. The average molecular weight is 264 g/mol. The molecule has 1 aromatic rings. The van der Waals surface area contributed by atoms with Gasteiger partial charge in [-0.25, -0.2) is 0 Å². The number of rotatable bonds is 4. The summed E-state index contributed by atoms with van der Waals surface area (Å²) in [5.41, 5.74) is 1.51. The zero-order chi connectivity index (χ0) is 13.8. The van der Waals surface area contributed by atoms with Crippen LogP contribution in [0.2, 0.25) is 0 Å². The number of ether oxygens (including phenoxy) is 2. The minimum absolute atomic E-state index is 0.0317. The van der Waals surface area contributed by atoms with E-state index in [-0.39, 0.29) is 30.9 Å². The molecule has 0 aromatic heterocycles. The normalized spacial score (nSPS) is 14.9. The number of carbonyl (C=O) groups is 2.